The number of amides is 1. The van der Waals surface area contributed by atoms with E-state index in [-0.39, 0.29) is 17.2 Å². The van der Waals surface area contributed by atoms with Crippen LogP contribution in [0.3, 0.4) is 0 Å². The molecule has 0 unspecified atom stereocenters. The maximum Gasteiger partial charge on any atom is 0.304 e. The first-order valence-corrected chi connectivity index (χ1v) is 11.8. The molecule has 2 aromatic heterocycles. The summed E-state index contributed by atoms with van der Waals surface area (Å²) in [4.78, 5) is 14.7. The van der Waals surface area contributed by atoms with Crippen molar-refractivity contribution < 1.29 is 22.0 Å². The fourth-order valence-corrected chi connectivity index (χ4v) is 5.47. The van der Waals surface area contributed by atoms with Crippen LogP contribution >= 0.6 is 0 Å². The maximum absolute atomic E-state index is 14.4. The minimum Gasteiger partial charge on any atom is -0.364 e. The highest BCUT2D eigenvalue weighted by molar-refractivity contribution is 7.87. The lowest BCUT2D eigenvalue weighted by Gasteiger charge is -2.29. The van der Waals surface area contributed by atoms with Crippen LogP contribution in [-0.2, 0) is 10.2 Å². The molecule has 2 fully saturated rings. The standard InChI is InChI=1S/C21H21F2N5O3S/c22-14-4-5-18(23)16(11-14)19-3-1-9-27(19)15-6-10-28-20(12-15)17(13-24-28)21(29)25-32(30,31)26-7-2-8-26/h4-6,10-13,19H,1-3,7-9H2,(H,25,29)/t19-/m1/s1. The van der Waals surface area contributed by atoms with Gasteiger partial charge in [-0.05, 0) is 49.6 Å². The van der Waals surface area contributed by atoms with Gasteiger partial charge in [0.1, 0.15) is 11.6 Å². The van der Waals surface area contributed by atoms with Gasteiger partial charge in [0, 0.05) is 37.1 Å². The molecule has 0 aliphatic carbocycles. The molecular weight excluding hydrogens is 440 g/mol. The first-order chi connectivity index (χ1) is 15.3. The van der Waals surface area contributed by atoms with Gasteiger partial charge in [-0.25, -0.2) is 18.0 Å². The number of carbonyl (C=O) groups excluding carboxylic acids is 1. The Labute approximate surface area is 183 Å². The second-order valence-corrected chi connectivity index (χ2v) is 9.65. The lowest BCUT2D eigenvalue weighted by molar-refractivity contribution is 0.0979. The Balaban J connectivity index is 1.47. The number of hydrogen-bond donors (Lipinski definition) is 1. The minimum atomic E-state index is -3.89. The highest BCUT2D eigenvalue weighted by Gasteiger charge is 2.31. The van der Waals surface area contributed by atoms with Gasteiger partial charge >= 0.3 is 10.2 Å². The average Bonchev–Trinajstić information content (AvgIpc) is 3.34. The molecule has 2 aliphatic heterocycles. The van der Waals surface area contributed by atoms with E-state index in [1.165, 1.54) is 21.1 Å². The molecule has 1 atom stereocenters. The Kier molecular flexibility index (Phi) is 5.09. The van der Waals surface area contributed by atoms with Gasteiger partial charge in [0.15, 0.2) is 0 Å². The molecule has 1 N–H and O–H groups in total. The summed E-state index contributed by atoms with van der Waals surface area (Å²) < 4.78 is 57.5. The Hall–Kier alpha value is -3.05. The number of carbonyl (C=O) groups is 1. The van der Waals surface area contributed by atoms with Gasteiger partial charge in [-0.3, -0.25) is 4.79 Å². The van der Waals surface area contributed by atoms with E-state index in [4.69, 9.17) is 0 Å². The number of hydrogen-bond acceptors (Lipinski definition) is 5. The zero-order valence-electron chi connectivity index (χ0n) is 17.0. The number of fused-ring (bicyclic) bond motifs is 1. The fourth-order valence-electron chi connectivity index (χ4n) is 4.26. The fraction of sp³-hybridized carbons (Fsp3) is 0.333. The molecule has 168 valence electrons. The van der Waals surface area contributed by atoms with Crippen LogP contribution in [0, 0.1) is 11.6 Å². The lowest BCUT2D eigenvalue weighted by Crippen LogP contribution is -2.49. The summed E-state index contributed by atoms with van der Waals surface area (Å²) in [5.41, 5.74) is 1.53. The normalized spacial score (nSPS) is 19.3. The summed E-state index contributed by atoms with van der Waals surface area (Å²) >= 11 is 0. The lowest BCUT2D eigenvalue weighted by atomic mass is 10.0. The largest absolute Gasteiger partial charge is 0.364 e. The first-order valence-electron chi connectivity index (χ1n) is 10.3. The van der Waals surface area contributed by atoms with Crippen LogP contribution in [0.2, 0.25) is 0 Å². The Morgan fingerprint density at radius 2 is 1.91 bits per heavy atom. The smallest absolute Gasteiger partial charge is 0.304 e. The van der Waals surface area contributed by atoms with Crippen molar-refractivity contribution in [3.63, 3.8) is 0 Å². The van der Waals surface area contributed by atoms with E-state index in [1.807, 2.05) is 4.90 Å². The third-order valence-electron chi connectivity index (χ3n) is 6.03. The number of halogens is 2. The highest BCUT2D eigenvalue weighted by atomic mass is 32.2. The summed E-state index contributed by atoms with van der Waals surface area (Å²) in [6.45, 7) is 1.40. The van der Waals surface area contributed by atoms with E-state index in [1.54, 1.807) is 18.3 Å². The number of aromatic nitrogens is 2. The van der Waals surface area contributed by atoms with Crippen LogP contribution < -0.4 is 9.62 Å². The molecular formula is C21H21F2N5O3S. The Morgan fingerprint density at radius 1 is 1.09 bits per heavy atom. The van der Waals surface area contributed by atoms with Crippen molar-refractivity contribution in [3.05, 3.63) is 65.5 Å². The summed E-state index contributed by atoms with van der Waals surface area (Å²) in [6, 6.07) is 6.59. The van der Waals surface area contributed by atoms with Gasteiger partial charge in [-0.15, -0.1) is 0 Å². The first kappa shape index (κ1) is 20.8. The van der Waals surface area contributed by atoms with Gasteiger partial charge in [-0.1, -0.05) is 0 Å². The zero-order chi connectivity index (χ0) is 22.5. The van der Waals surface area contributed by atoms with Crippen LogP contribution in [0.15, 0.2) is 42.7 Å². The van der Waals surface area contributed by atoms with Gasteiger partial charge < -0.3 is 4.90 Å². The number of benzene rings is 1. The topological polar surface area (TPSA) is 87.0 Å². The van der Waals surface area contributed by atoms with Crippen molar-refractivity contribution in [1.29, 1.82) is 0 Å². The van der Waals surface area contributed by atoms with Gasteiger partial charge in [0.25, 0.3) is 5.91 Å². The summed E-state index contributed by atoms with van der Waals surface area (Å²) in [5, 5.41) is 4.14. The van der Waals surface area contributed by atoms with Crippen molar-refractivity contribution in [2.75, 3.05) is 24.5 Å². The molecule has 8 nitrogen and oxygen atoms in total. The molecule has 3 aromatic rings. The van der Waals surface area contributed by atoms with Crippen molar-refractivity contribution in [1.82, 2.24) is 18.6 Å². The van der Waals surface area contributed by atoms with Gasteiger partial charge in [-0.2, -0.15) is 17.8 Å². The van der Waals surface area contributed by atoms with Crippen LogP contribution in [0.1, 0.15) is 41.2 Å². The molecule has 11 heteroatoms. The van der Waals surface area contributed by atoms with Crippen LogP contribution in [0.25, 0.3) is 5.52 Å². The predicted octanol–water partition coefficient (Wildman–Crippen LogP) is 2.63. The molecule has 0 bridgehead atoms. The molecule has 2 aliphatic rings. The van der Waals surface area contributed by atoms with Gasteiger partial charge in [0.2, 0.25) is 0 Å². The third-order valence-corrected chi connectivity index (χ3v) is 7.52. The number of anilines is 1. The van der Waals surface area contributed by atoms with Crippen LogP contribution in [-0.4, -0.2) is 47.9 Å². The van der Waals surface area contributed by atoms with Crippen molar-refractivity contribution in [3.8, 4) is 0 Å². The summed E-state index contributed by atoms with van der Waals surface area (Å²) in [6.07, 6.45) is 5.19. The van der Waals surface area contributed by atoms with E-state index in [2.05, 4.69) is 9.82 Å². The van der Waals surface area contributed by atoms with E-state index >= 15 is 0 Å². The molecule has 0 radical (unpaired) electrons. The van der Waals surface area contributed by atoms with Crippen molar-refractivity contribution >= 4 is 27.3 Å². The summed E-state index contributed by atoms with van der Waals surface area (Å²) in [5.74, 6) is -1.73. The van der Waals surface area contributed by atoms with Crippen molar-refractivity contribution in [2.45, 2.75) is 25.3 Å². The van der Waals surface area contributed by atoms with Gasteiger partial charge in [0.05, 0.1) is 23.3 Å². The third kappa shape index (κ3) is 3.61. The second kappa shape index (κ2) is 7.82. The average molecular weight is 461 g/mol. The molecule has 1 aromatic carbocycles. The molecule has 0 spiro atoms. The molecule has 0 saturated carbocycles. The monoisotopic (exact) mass is 461 g/mol. The number of rotatable bonds is 5. The molecule has 32 heavy (non-hydrogen) atoms. The zero-order valence-corrected chi connectivity index (χ0v) is 17.9. The Bertz CT molecular complexity index is 1310. The van der Waals surface area contributed by atoms with E-state index in [0.717, 1.165) is 25.0 Å². The number of pyridine rings is 1. The predicted molar refractivity (Wildman–Crippen MR) is 113 cm³/mol. The molecule has 1 amide bonds. The van der Waals surface area contributed by atoms with E-state index in [9.17, 15) is 22.0 Å². The molecule has 2 saturated heterocycles. The number of nitrogens with one attached hydrogen (secondary N) is 1. The van der Waals surface area contributed by atoms with Crippen LogP contribution in [0.5, 0.6) is 0 Å². The van der Waals surface area contributed by atoms with Crippen molar-refractivity contribution in [2.24, 2.45) is 0 Å². The Morgan fingerprint density at radius 3 is 2.66 bits per heavy atom. The molecule has 5 rings (SSSR count). The maximum atomic E-state index is 14.4. The highest BCUT2D eigenvalue weighted by Crippen LogP contribution is 2.38. The summed E-state index contributed by atoms with van der Waals surface area (Å²) in [7, 11) is -3.89. The number of nitrogens with zero attached hydrogens (tertiary/aromatic N) is 4. The van der Waals surface area contributed by atoms with E-state index < -0.39 is 27.8 Å². The second-order valence-electron chi connectivity index (χ2n) is 7.98. The van der Waals surface area contributed by atoms with Crippen LogP contribution in [0.4, 0.5) is 14.5 Å². The minimum absolute atomic E-state index is 0.114. The van der Waals surface area contributed by atoms with E-state index in [0.29, 0.717) is 37.3 Å². The quantitative estimate of drug-likeness (QED) is 0.631. The molecule has 4 heterocycles. The SMILES string of the molecule is O=C(NS(=O)(=O)N1CCC1)c1cnn2ccc(N3CCC[C@@H]3c3cc(F)ccc3F)cc12.